The second-order valence-corrected chi connectivity index (χ2v) is 6.33. The molecule has 2 rings (SSSR count). The van der Waals surface area contributed by atoms with Crippen molar-refractivity contribution in [3.63, 3.8) is 0 Å². The zero-order chi connectivity index (χ0) is 14.2. The van der Waals surface area contributed by atoms with Gasteiger partial charge in [-0.15, -0.1) is 0 Å². The largest absolute Gasteiger partial charge is 0.294 e. The summed E-state index contributed by atoms with van der Waals surface area (Å²) in [5, 5.41) is 0. The summed E-state index contributed by atoms with van der Waals surface area (Å²) < 4.78 is 0. The number of hydrogen-bond donors (Lipinski definition) is 0. The molecule has 19 heavy (non-hydrogen) atoms. The highest BCUT2D eigenvalue weighted by Crippen LogP contribution is 2.33. The number of Topliss-reactive ketones (excluding diaryl/α,β-unsaturated/α-hetero) is 1. The molecule has 0 heterocycles. The van der Waals surface area contributed by atoms with Crippen LogP contribution in [0.1, 0.15) is 62.5 Å². The summed E-state index contributed by atoms with van der Waals surface area (Å²) in [5.74, 6) is 0.147. The van der Waals surface area contributed by atoms with E-state index in [0.717, 1.165) is 17.5 Å². The van der Waals surface area contributed by atoms with Crippen molar-refractivity contribution in [1.82, 2.24) is 0 Å². The van der Waals surface area contributed by atoms with Crippen LogP contribution in [-0.2, 0) is 5.41 Å². The van der Waals surface area contributed by atoms with E-state index in [1.54, 1.807) is 6.92 Å². The Kier molecular flexibility index (Phi) is 3.49. The van der Waals surface area contributed by atoms with E-state index in [4.69, 9.17) is 0 Å². The van der Waals surface area contributed by atoms with Gasteiger partial charge in [0.1, 0.15) is 0 Å². The maximum atomic E-state index is 12.0. The molecule has 1 aliphatic rings. The molecule has 0 atom stereocenters. The van der Waals surface area contributed by atoms with Crippen molar-refractivity contribution in [2.24, 2.45) is 0 Å². The minimum atomic E-state index is 0.0695. The van der Waals surface area contributed by atoms with Crippen LogP contribution >= 0.6 is 0 Å². The van der Waals surface area contributed by atoms with Gasteiger partial charge in [-0.05, 0) is 54.0 Å². The van der Waals surface area contributed by atoms with Gasteiger partial charge in [-0.1, -0.05) is 45.1 Å². The number of allylic oxidation sites excluding steroid dienone is 4. The molecule has 0 aliphatic heterocycles. The minimum absolute atomic E-state index is 0.0695. The van der Waals surface area contributed by atoms with Crippen molar-refractivity contribution in [3.8, 4) is 0 Å². The van der Waals surface area contributed by atoms with Gasteiger partial charge >= 0.3 is 0 Å². The Balaban J connectivity index is 2.58. The third-order valence-corrected chi connectivity index (χ3v) is 3.76. The SMILES string of the molecule is CC(=O)c1cc(C(C)(C)C)ccc1C1=C(C)C=CC1. The Morgan fingerprint density at radius 2 is 1.89 bits per heavy atom. The van der Waals surface area contributed by atoms with Gasteiger partial charge in [0.2, 0.25) is 0 Å². The summed E-state index contributed by atoms with van der Waals surface area (Å²) in [5.41, 5.74) is 5.79. The Morgan fingerprint density at radius 1 is 1.21 bits per heavy atom. The summed E-state index contributed by atoms with van der Waals surface area (Å²) in [6.07, 6.45) is 5.23. The van der Waals surface area contributed by atoms with Gasteiger partial charge in [-0.25, -0.2) is 0 Å². The molecule has 1 aliphatic carbocycles. The molecular weight excluding hydrogens is 232 g/mol. The predicted octanol–water partition coefficient (Wildman–Crippen LogP) is 4.92. The number of benzene rings is 1. The molecule has 0 aromatic heterocycles. The lowest BCUT2D eigenvalue weighted by atomic mass is 9.83. The lowest BCUT2D eigenvalue weighted by Crippen LogP contribution is -2.13. The van der Waals surface area contributed by atoms with E-state index in [0.29, 0.717) is 0 Å². The molecule has 1 heteroatoms. The fraction of sp³-hybridized carbons (Fsp3) is 0.389. The summed E-state index contributed by atoms with van der Waals surface area (Å²) in [6.45, 7) is 10.3. The lowest BCUT2D eigenvalue weighted by molar-refractivity contribution is 0.101. The van der Waals surface area contributed by atoms with Crippen LogP contribution in [0.5, 0.6) is 0 Å². The zero-order valence-electron chi connectivity index (χ0n) is 12.5. The van der Waals surface area contributed by atoms with E-state index in [1.807, 2.05) is 0 Å². The van der Waals surface area contributed by atoms with Crippen LogP contribution in [0.15, 0.2) is 35.9 Å². The average Bonchev–Trinajstić information content (AvgIpc) is 2.73. The zero-order valence-corrected chi connectivity index (χ0v) is 12.5. The minimum Gasteiger partial charge on any atom is -0.294 e. The van der Waals surface area contributed by atoms with E-state index < -0.39 is 0 Å². The first-order valence-corrected chi connectivity index (χ1v) is 6.83. The molecule has 1 nitrogen and oxygen atoms in total. The number of hydrogen-bond acceptors (Lipinski definition) is 1. The highest BCUT2D eigenvalue weighted by Gasteiger charge is 2.19. The smallest absolute Gasteiger partial charge is 0.160 e. The Bertz CT molecular complexity index is 580. The summed E-state index contributed by atoms with van der Waals surface area (Å²) >= 11 is 0. The summed E-state index contributed by atoms with van der Waals surface area (Å²) in [7, 11) is 0. The van der Waals surface area contributed by atoms with Gasteiger partial charge < -0.3 is 0 Å². The average molecular weight is 254 g/mol. The third kappa shape index (κ3) is 2.70. The molecule has 1 aromatic rings. The number of carbonyl (C=O) groups is 1. The summed E-state index contributed by atoms with van der Waals surface area (Å²) in [6, 6.07) is 6.33. The monoisotopic (exact) mass is 254 g/mol. The van der Waals surface area contributed by atoms with E-state index in [9.17, 15) is 4.79 Å². The topological polar surface area (TPSA) is 17.1 Å². The quantitative estimate of drug-likeness (QED) is 0.685. The van der Waals surface area contributed by atoms with Gasteiger partial charge in [-0.2, -0.15) is 0 Å². The second-order valence-electron chi connectivity index (χ2n) is 6.33. The second kappa shape index (κ2) is 4.80. The van der Waals surface area contributed by atoms with E-state index in [-0.39, 0.29) is 11.2 Å². The third-order valence-electron chi connectivity index (χ3n) is 3.76. The first kappa shape index (κ1) is 13.8. The van der Waals surface area contributed by atoms with Crippen LogP contribution in [0.2, 0.25) is 0 Å². The van der Waals surface area contributed by atoms with Crippen molar-refractivity contribution in [3.05, 3.63) is 52.6 Å². The molecule has 0 bridgehead atoms. The van der Waals surface area contributed by atoms with Crippen molar-refractivity contribution >= 4 is 11.4 Å². The molecule has 100 valence electrons. The van der Waals surface area contributed by atoms with E-state index >= 15 is 0 Å². The van der Waals surface area contributed by atoms with E-state index in [1.165, 1.54) is 16.7 Å². The molecule has 0 amide bonds. The Morgan fingerprint density at radius 3 is 2.37 bits per heavy atom. The fourth-order valence-corrected chi connectivity index (χ4v) is 2.50. The molecule has 0 spiro atoms. The van der Waals surface area contributed by atoms with Crippen molar-refractivity contribution in [2.75, 3.05) is 0 Å². The van der Waals surface area contributed by atoms with Gasteiger partial charge in [0.05, 0.1) is 0 Å². The number of ketones is 1. The van der Waals surface area contributed by atoms with Gasteiger partial charge in [0.15, 0.2) is 5.78 Å². The lowest BCUT2D eigenvalue weighted by Gasteiger charge is -2.21. The van der Waals surface area contributed by atoms with Crippen LogP contribution in [0.25, 0.3) is 5.57 Å². The molecule has 1 aromatic carbocycles. The molecule has 0 fully saturated rings. The standard InChI is InChI=1S/C18H22O/c1-12-7-6-8-15(12)16-10-9-14(18(3,4)5)11-17(16)13(2)19/h6-7,9-11H,8H2,1-5H3. The predicted molar refractivity (Wildman–Crippen MR) is 81.5 cm³/mol. The van der Waals surface area contributed by atoms with Crippen LogP contribution in [0.3, 0.4) is 0 Å². The summed E-state index contributed by atoms with van der Waals surface area (Å²) in [4.78, 5) is 12.0. The number of carbonyl (C=O) groups excluding carboxylic acids is 1. The first-order valence-electron chi connectivity index (χ1n) is 6.83. The number of rotatable bonds is 2. The molecular formula is C18H22O. The van der Waals surface area contributed by atoms with Crippen molar-refractivity contribution < 1.29 is 4.79 Å². The van der Waals surface area contributed by atoms with Crippen molar-refractivity contribution in [1.29, 1.82) is 0 Å². The molecule has 0 saturated heterocycles. The fourth-order valence-electron chi connectivity index (χ4n) is 2.50. The van der Waals surface area contributed by atoms with Gasteiger partial charge in [-0.3, -0.25) is 4.79 Å². The van der Waals surface area contributed by atoms with Crippen LogP contribution in [0, 0.1) is 0 Å². The van der Waals surface area contributed by atoms with Crippen LogP contribution in [-0.4, -0.2) is 5.78 Å². The highest BCUT2D eigenvalue weighted by atomic mass is 16.1. The maximum Gasteiger partial charge on any atom is 0.160 e. The molecule has 0 unspecified atom stereocenters. The van der Waals surface area contributed by atoms with Crippen LogP contribution in [0.4, 0.5) is 0 Å². The molecule has 0 radical (unpaired) electrons. The molecule has 0 saturated carbocycles. The maximum absolute atomic E-state index is 12.0. The highest BCUT2D eigenvalue weighted by molar-refractivity contribution is 6.00. The Labute approximate surface area is 116 Å². The van der Waals surface area contributed by atoms with E-state index in [2.05, 4.69) is 58.0 Å². The normalized spacial score (nSPS) is 15.2. The first-order chi connectivity index (χ1) is 8.80. The van der Waals surface area contributed by atoms with Crippen LogP contribution < -0.4 is 0 Å². The van der Waals surface area contributed by atoms with Crippen molar-refractivity contribution in [2.45, 2.75) is 46.5 Å². The van der Waals surface area contributed by atoms with Gasteiger partial charge in [0.25, 0.3) is 0 Å². The molecule has 0 N–H and O–H groups in total. The Hall–Kier alpha value is -1.63. The van der Waals surface area contributed by atoms with Gasteiger partial charge in [0, 0.05) is 5.56 Å².